The van der Waals surface area contributed by atoms with Crippen LogP contribution in [0.5, 0.6) is 0 Å². The smallest absolute Gasteiger partial charge is 0.0453 e. The second-order valence-electron chi connectivity index (χ2n) is 3.18. The molecule has 1 aromatic carbocycles. The summed E-state index contributed by atoms with van der Waals surface area (Å²) in [6.07, 6.45) is 1.85. The monoisotopic (exact) mass is 235 g/mol. The normalized spacial score (nSPS) is 10.7. The molecule has 2 rings (SSSR count). The fourth-order valence-corrected chi connectivity index (χ4v) is 2.10. The summed E-state index contributed by atoms with van der Waals surface area (Å²) in [5.41, 5.74) is 2.38. The summed E-state index contributed by atoms with van der Waals surface area (Å²) in [7, 11) is 0. The van der Waals surface area contributed by atoms with E-state index in [0.29, 0.717) is 0 Å². The van der Waals surface area contributed by atoms with Crippen LogP contribution >= 0.6 is 15.9 Å². The van der Waals surface area contributed by atoms with Crippen LogP contribution < -0.4 is 0 Å². The lowest BCUT2D eigenvalue weighted by molar-refractivity contribution is 1.23. The largest absolute Gasteiger partial charge is 0.261 e. The third kappa shape index (κ3) is 1.35. The van der Waals surface area contributed by atoms with E-state index in [0.717, 1.165) is 10.2 Å². The first kappa shape index (κ1) is 8.70. The van der Waals surface area contributed by atoms with E-state index in [9.17, 15) is 0 Å². The van der Waals surface area contributed by atoms with E-state index < -0.39 is 0 Å². The molecule has 0 N–H and O–H groups in total. The molecule has 1 aromatic heterocycles. The Kier molecular flexibility index (Phi) is 2.08. The lowest BCUT2D eigenvalue weighted by Crippen LogP contribution is -1.87. The van der Waals surface area contributed by atoms with Crippen molar-refractivity contribution in [2.75, 3.05) is 0 Å². The van der Waals surface area contributed by atoms with E-state index >= 15 is 0 Å². The predicted octanol–water partition coefficient (Wildman–Crippen LogP) is 3.61. The maximum Gasteiger partial charge on any atom is 0.0453 e. The molecule has 13 heavy (non-hydrogen) atoms. The minimum absolute atomic E-state index is 1.09. The molecule has 66 valence electrons. The number of hydrogen-bond donors (Lipinski definition) is 0. The Morgan fingerprint density at radius 2 is 1.92 bits per heavy atom. The number of pyridine rings is 1. The summed E-state index contributed by atoms with van der Waals surface area (Å²) < 4.78 is 1.14. The zero-order chi connectivity index (χ0) is 9.42. The standard InChI is InChI=1S/C11H10BrN/c1-7-3-4-10(12)9-5-6-13-8(2)11(7)9/h3-6H,1-2H3. The van der Waals surface area contributed by atoms with Crippen molar-refractivity contribution in [3.05, 3.63) is 40.1 Å². The minimum atomic E-state index is 1.09. The second kappa shape index (κ2) is 3.11. The van der Waals surface area contributed by atoms with Crippen molar-refractivity contribution in [1.82, 2.24) is 4.98 Å². The van der Waals surface area contributed by atoms with Crippen LogP contribution in [-0.2, 0) is 0 Å². The van der Waals surface area contributed by atoms with E-state index in [-0.39, 0.29) is 0 Å². The quantitative estimate of drug-likeness (QED) is 0.680. The number of rotatable bonds is 0. The van der Waals surface area contributed by atoms with Crippen LogP contribution in [0.15, 0.2) is 28.9 Å². The van der Waals surface area contributed by atoms with Gasteiger partial charge in [-0.15, -0.1) is 0 Å². The summed E-state index contributed by atoms with van der Waals surface area (Å²) in [6.45, 7) is 4.16. The van der Waals surface area contributed by atoms with E-state index in [2.05, 4.69) is 40.0 Å². The van der Waals surface area contributed by atoms with Crippen molar-refractivity contribution in [3.8, 4) is 0 Å². The van der Waals surface area contributed by atoms with Crippen LogP contribution in [0.3, 0.4) is 0 Å². The molecule has 0 saturated heterocycles. The van der Waals surface area contributed by atoms with Gasteiger partial charge in [0.1, 0.15) is 0 Å². The summed E-state index contributed by atoms with van der Waals surface area (Å²) in [6, 6.07) is 6.23. The van der Waals surface area contributed by atoms with Crippen LogP contribution in [0.1, 0.15) is 11.3 Å². The first-order valence-corrected chi connectivity index (χ1v) is 5.00. The van der Waals surface area contributed by atoms with Gasteiger partial charge >= 0.3 is 0 Å². The highest BCUT2D eigenvalue weighted by Crippen LogP contribution is 2.27. The van der Waals surface area contributed by atoms with Gasteiger partial charge in [0.2, 0.25) is 0 Å². The number of hydrogen-bond acceptors (Lipinski definition) is 1. The molecule has 0 spiro atoms. The van der Waals surface area contributed by atoms with Crippen molar-refractivity contribution in [2.24, 2.45) is 0 Å². The third-order valence-corrected chi connectivity index (χ3v) is 2.96. The van der Waals surface area contributed by atoms with Gasteiger partial charge in [0.25, 0.3) is 0 Å². The lowest BCUT2D eigenvalue weighted by Gasteiger charge is -2.05. The van der Waals surface area contributed by atoms with Crippen molar-refractivity contribution in [2.45, 2.75) is 13.8 Å². The van der Waals surface area contributed by atoms with E-state index in [1.807, 2.05) is 19.2 Å². The van der Waals surface area contributed by atoms with Gasteiger partial charge in [-0.3, -0.25) is 4.98 Å². The van der Waals surface area contributed by atoms with E-state index in [1.165, 1.54) is 16.3 Å². The van der Waals surface area contributed by atoms with Gasteiger partial charge in [-0.05, 0) is 36.9 Å². The number of aromatic nitrogens is 1. The van der Waals surface area contributed by atoms with Crippen LogP contribution in [0, 0.1) is 13.8 Å². The molecule has 0 amide bonds. The van der Waals surface area contributed by atoms with E-state index in [1.54, 1.807) is 0 Å². The fourth-order valence-electron chi connectivity index (χ4n) is 1.63. The van der Waals surface area contributed by atoms with Gasteiger partial charge < -0.3 is 0 Å². The molecule has 0 aliphatic carbocycles. The molecule has 2 aromatic rings. The first-order chi connectivity index (χ1) is 6.20. The molecule has 0 bridgehead atoms. The molecular formula is C11H10BrN. The average molecular weight is 236 g/mol. The summed E-state index contributed by atoms with van der Waals surface area (Å²) in [5.74, 6) is 0. The number of halogens is 1. The molecule has 0 aliphatic rings. The molecule has 0 radical (unpaired) electrons. The van der Waals surface area contributed by atoms with Crippen molar-refractivity contribution in [1.29, 1.82) is 0 Å². The molecule has 0 saturated carbocycles. The molecular weight excluding hydrogens is 226 g/mol. The number of nitrogens with zero attached hydrogens (tertiary/aromatic N) is 1. The van der Waals surface area contributed by atoms with Crippen molar-refractivity contribution in [3.63, 3.8) is 0 Å². The van der Waals surface area contributed by atoms with Crippen LogP contribution in [-0.4, -0.2) is 4.98 Å². The number of benzene rings is 1. The minimum Gasteiger partial charge on any atom is -0.261 e. The topological polar surface area (TPSA) is 12.9 Å². The molecule has 0 fully saturated rings. The average Bonchev–Trinajstić information content (AvgIpc) is 2.12. The molecule has 0 unspecified atom stereocenters. The van der Waals surface area contributed by atoms with Gasteiger partial charge in [-0.1, -0.05) is 22.0 Å². The van der Waals surface area contributed by atoms with Crippen LogP contribution in [0.2, 0.25) is 0 Å². The molecule has 0 atom stereocenters. The Balaban J connectivity index is 3.00. The maximum absolute atomic E-state index is 4.29. The highest BCUT2D eigenvalue weighted by molar-refractivity contribution is 9.10. The molecule has 2 heteroatoms. The first-order valence-electron chi connectivity index (χ1n) is 4.20. The Morgan fingerprint density at radius 1 is 1.15 bits per heavy atom. The molecule has 1 nitrogen and oxygen atoms in total. The van der Waals surface area contributed by atoms with Crippen LogP contribution in [0.25, 0.3) is 10.8 Å². The van der Waals surface area contributed by atoms with Gasteiger partial charge in [0, 0.05) is 21.7 Å². The number of aryl methyl sites for hydroxylation is 2. The summed E-state index contributed by atoms with van der Waals surface area (Å²) in [5, 5.41) is 2.50. The van der Waals surface area contributed by atoms with Crippen molar-refractivity contribution < 1.29 is 0 Å². The van der Waals surface area contributed by atoms with Gasteiger partial charge in [-0.2, -0.15) is 0 Å². The Bertz CT molecular complexity index is 455. The SMILES string of the molecule is Cc1ccc(Br)c2ccnc(C)c12. The zero-order valence-corrected chi connectivity index (χ0v) is 9.22. The van der Waals surface area contributed by atoms with Gasteiger partial charge in [-0.25, -0.2) is 0 Å². The summed E-state index contributed by atoms with van der Waals surface area (Å²) >= 11 is 3.54. The molecule has 1 heterocycles. The second-order valence-corrected chi connectivity index (χ2v) is 4.04. The highest BCUT2D eigenvalue weighted by Gasteiger charge is 2.03. The maximum atomic E-state index is 4.29. The fraction of sp³-hybridized carbons (Fsp3) is 0.182. The Hall–Kier alpha value is -0.890. The zero-order valence-electron chi connectivity index (χ0n) is 7.63. The van der Waals surface area contributed by atoms with E-state index in [4.69, 9.17) is 0 Å². The van der Waals surface area contributed by atoms with Gasteiger partial charge in [0.05, 0.1) is 0 Å². The van der Waals surface area contributed by atoms with Crippen molar-refractivity contribution >= 4 is 26.7 Å². The lowest BCUT2D eigenvalue weighted by atomic mass is 10.1. The van der Waals surface area contributed by atoms with Gasteiger partial charge in [0.15, 0.2) is 0 Å². The Morgan fingerprint density at radius 3 is 2.62 bits per heavy atom. The Labute approximate surface area is 85.9 Å². The number of fused-ring (bicyclic) bond motifs is 1. The molecule has 0 aliphatic heterocycles. The third-order valence-electron chi connectivity index (χ3n) is 2.27. The van der Waals surface area contributed by atoms with Crippen LogP contribution in [0.4, 0.5) is 0 Å². The predicted molar refractivity (Wildman–Crippen MR) is 58.9 cm³/mol. The summed E-state index contributed by atoms with van der Waals surface area (Å²) in [4.78, 5) is 4.29. The highest BCUT2D eigenvalue weighted by atomic mass is 79.9.